The molecular weight excluding hydrogens is 246 g/mol. The van der Waals surface area contributed by atoms with Gasteiger partial charge in [-0.3, -0.25) is 0 Å². The molecule has 0 radical (unpaired) electrons. The Labute approximate surface area is 100.0 Å². The molecular formula is C11H6ClNS2. The zero-order valence-electron chi connectivity index (χ0n) is 7.61. The van der Waals surface area contributed by atoms with Gasteiger partial charge in [-0.15, -0.1) is 22.7 Å². The highest BCUT2D eigenvalue weighted by molar-refractivity contribution is 7.25. The molecule has 4 heteroatoms. The summed E-state index contributed by atoms with van der Waals surface area (Å²) in [6.07, 6.45) is 0. The molecule has 0 amide bonds. The van der Waals surface area contributed by atoms with Gasteiger partial charge in [0, 0.05) is 5.02 Å². The molecule has 0 bridgehead atoms. The van der Waals surface area contributed by atoms with Gasteiger partial charge in [0.25, 0.3) is 0 Å². The van der Waals surface area contributed by atoms with Crippen LogP contribution in [0.25, 0.3) is 20.1 Å². The normalized spacial score (nSPS) is 11.0. The van der Waals surface area contributed by atoms with Crippen molar-refractivity contribution in [3.8, 4) is 9.88 Å². The molecule has 0 aliphatic rings. The second-order valence-electron chi connectivity index (χ2n) is 3.11. The van der Waals surface area contributed by atoms with Crippen LogP contribution < -0.4 is 0 Å². The molecule has 0 aliphatic heterocycles. The van der Waals surface area contributed by atoms with Crippen LogP contribution in [0.3, 0.4) is 0 Å². The summed E-state index contributed by atoms with van der Waals surface area (Å²) in [7, 11) is 0. The molecule has 3 aromatic rings. The van der Waals surface area contributed by atoms with Crippen molar-refractivity contribution in [1.29, 1.82) is 0 Å². The lowest BCUT2D eigenvalue weighted by Gasteiger charge is -1.86. The first kappa shape index (κ1) is 9.33. The number of fused-ring (bicyclic) bond motifs is 1. The number of benzene rings is 1. The maximum Gasteiger partial charge on any atom is 0.134 e. The van der Waals surface area contributed by atoms with E-state index >= 15 is 0 Å². The average Bonchev–Trinajstić information content (AvgIpc) is 2.84. The smallest absolute Gasteiger partial charge is 0.134 e. The highest BCUT2D eigenvalue weighted by Crippen LogP contribution is 2.33. The number of hydrogen-bond acceptors (Lipinski definition) is 3. The fourth-order valence-corrected chi connectivity index (χ4v) is 3.44. The van der Waals surface area contributed by atoms with Gasteiger partial charge in [-0.05, 0) is 29.6 Å². The van der Waals surface area contributed by atoms with Crippen molar-refractivity contribution in [1.82, 2.24) is 4.98 Å². The molecule has 2 heterocycles. The number of halogens is 1. The van der Waals surface area contributed by atoms with Gasteiger partial charge in [0.05, 0.1) is 15.1 Å². The molecule has 0 saturated heterocycles. The Kier molecular flexibility index (Phi) is 2.24. The van der Waals surface area contributed by atoms with Gasteiger partial charge in [0.15, 0.2) is 0 Å². The third-order valence-corrected chi connectivity index (χ3v) is 4.37. The minimum absolute atomic E-state index is 0.767. The summed E-state index contributed by atoms with van der Waals surface area (Å²) in [6, 6.07) is 9.93. The minimum atomic E-state index is 0.767. The summed E-state index contributed by atoms with van der Waals surface area (Å²) in [6.45, 7) is 0. The van der Waals surface area contributed by atoms with E-state index in [1.54, 1.807) is 22.7 Å². The Morgan fingerprint density at radius 2 is 2.13 bits per heavy atom. The van der Waals surface area contributed by atoms with Crippen LogP contribution in [-0.2, 0) is 0 Å². The first-order valence-electron chi connectivity index (χ1n) is 4.43. The van der Waals surface area contributed by atoms with E-state index in [-0.39, 0.29) is 0 Å². The van der Waals surface area contributed by atoms with Gasteiger partial charge in [-0.25, -0.2) is 4.98 Å². The standard InChI is InChI=1S/C11H6ClNS2/c12-7-3-4-8-10(6-7)15-11(13-8)9-2-1-5-14-9/h1-6H. The highest BCUT2D eigenvalue weighted by Gasteiger charge is 2.06. The number of aromatic nitrogens is 1. The molecule has 0 fully saturated rings. The van der Waals surface area contributed by atoms with Crippen LogP contribution in [0.1, 0.15) is 0 Å². The largest absolute Gasteiger partial charge is 0.235 e. The Morgan fingerprint density at radius 1 is 1.20 bits per heavy atom. The second kappa shape index (κ2) is 3.59. The van der Waals surface area contributed by atoms with Crippen molar-refractivity contribution in [3.05, 3.63) is 40.7 Å². The van der Waals surface area contributed by atoms with Gasteiger partial charge in [-0.1, -0.05) is 17.7 Å². The van der Waals surface area contributed by atoms with E-state index < -0.39 is 0 Å². The predicted octanol–water partition coefficient (Wildman–Crippen LogP) is 4.68. The fraction of sp³-hybridized carbons (Fsp3) is 0. The molecule has 1 nitrogen and oxygen atoms in total. The molecule has 0 N–H and O–H groups in total. The van der Waals surface area contributed by atoms with Gasteiger partial charge in [0.1, 0.15) is 5.01 Å². The molecule has 1 aromatic carbocycles. The minimum Gasteiger partial charge on any atom is -0.235 e. The maximum absolute atomic E-state index is 5.93. The van der Waals surface area contributed by atoms with Gasteiger partial charge in [0.2, 0.25) is 0 Å². The van der Waals surface area contributed by atoms with E-state index in [4.69, 9.17) is 11.6 Å². The number of thiophene rings is 1. The van der Waals surface area contributed by atoms with Crippen LogP contribution >= 0.6 is 34.3 Å². The SMILES string of the molecule is Clc1ccc2nc(-c3cccs3)sc2c1. The number of nitrogens with zero attached hydrogens (tertiary/aromatic N) is 1. The van der Waals surface area contributed by atoms with Crippen LogP contribution in [0.5, 0.6) is 0 Å². The fourth-order valence-electron chi connectivity index (χ4n) is 1.40. The Balaban J connectivity index is 2.22. The first-order valence-corrected chi connectivity index (χ1v) is 6.50. The summed E-state index contributed by atoms with van der Waals surface area (Å²) in [5.74, 6) is 0. The molecule has 0 saturated carbocycles. The van der Waals surface area contributed by atoms with E-state index in [0.717, 1.165) is 20.2 Å². The van der Waals surface area contributed by atoms with Crippen LogP contribution in [-0.4, -0.2) is 4.98 Å². The molecule has 15 heavy (non-hydrogen) atoms. The van der Waals surface area contributed by atoms with Crippen LogP contribution in [0.15, 0.2) is 35.7 Å². The monoisotopic (exact) mass is 251 g/mol. The molecule has 0 spiro atoms. The molecule has 0 aliphatic carbocycles. The lowest BCUT2D eigenvalue weighted by Crippen LogP contribution is -1.68. The third kappa shape index (κ3) is 1.67. The van der Waals surface area contributed by atoms with Gasteiger partial charge < -0.3 is 0 Å². The summed E-state index contributed by atoms with van der Waals surface area (Å²) in [4.78, 5) is 5.78. The quantitative estimate of drug-likeness (QED) is 0.612. The highest BCUT2D eigenvalue weighted by atomic mass is 35.5. The van der Waals surface area contributed by atoms with E-state index in [1.807, 2.05) is 24.3 Å². The molecule has 3 rings (SSSR count). The van der Waals surface area contributed by atoms with E-state index in [0.29, 0.717) is 0 Å². The van der Waals surface area contributed by atoms with Crippen LogP contribution in [0.4, 0.5) is 0 Å². The summed E-state index contributed by atoms with van der Waals surface area (Å²) in [5, 5.41) is 3.90. The summed E-state index contributed by atoms with van der Waals surface area (Å²) >= 11 is 9.33. The number of hydrogen-bond donors (Lipinski definition) is 0. The molecule has 0 unspecified atom stereocenters. The molecule has 0 atom stereocenters. The Morgan fingerprint density at radius 3 is 2.93 bits per heavy atom. The van der Waals surface area contributed by atoms with Gasteiger partial charge >= 0.3 is 0 Å². The van der Waals surface area contributed by atoms with Crippen molar-refractivity contribution in [2.75, 3.05) is 0 Å². The third-order valence-electron chi connectivity index (χ3n) is 2.08. The van der Waals surface area contributed by atoms with Gasteiger partial charge in [-0.2, -0.15) is 0 Å². The van der Waals surface area contributed by atoms with Crippen LogP contribution in [0, 0.1) is 0 Å². The number of rotatable bonds is 1. The van der Waals surface area contributed by atoms with E-state index in [2.05, 4.69) is 16.4 Å². The van der Waals surface area contributed by atoms with Crippen molar-refractivity contribution >= 4 is 44.5 Å². The summed E-state index contributed by atoms with van der Waals surface area (Å²) < 4.78 is 1.14. The van der Waals surface area contributed by atoms with Crippen molar-refractivity contribution < 1.29 is 0 Å². The first-order chi connectivity index (χ1) is 7.33. The molecule has 74 valence electrons. The van der Waals surface area contributed by atoms with E-state index in [1.165, 1.54) is 4.88 Å². The van der Waals surface area contributed by atoms with Crippen LogP contribution in [0.2, 0.25) is 5.02 Å². The second-order valence-corrected chi connectivity index (χ2v) is 5.52. The molecule has 2 aromatic heterocycles. The Hall–Kier alpha value is -0.900. The predicted molar refractivity (Wildman–Crippen MR) is 67.9 cm³/mol. The van der Waals surface area contributed by atoms with Crippen molar-refractivity contribution in [2.45, 2.75) is 0 Å². The topological polar surface area (TPSA) is 12.9 Å². The summed E-state index contributed by atoms with van der Waals surface area (Å²) in [5.41, 5.74) is 1.02. The van der Waals surface area contributed by atoms with E-state index in [9.17, 15) is 0 Å². The average molecular weight is 252 g/mol. The van der Waals surface area contributed by atoms with Crippen molar-refractivity contribution in [2.24, 2.45) is 0 Å². The zero-order valence-corrected chi connectivity index (χ0v) is 9.99. The van der Waals surface area contributed by atoms with Crippen molar-refractivity contribution in [3.63, 3.8) is 0 Å². The maximum atomic E-state index is 5.93. The lowest BCUT2D eigenvalue weighted by atomic mass is 10.3. The zero-order chi connectivity index (χ0) is 10.3. The Bertz CT molecular complexity index is 598. The number of thiazole rings is 1. The lowest BCUT2D eigenvalue weighted by molar-refractivity contribution is 1.50.